The van der Waals surface area contributed by atoms with E-state index in [1.165, 1.54) is 12.4 Å². The molecule has 3 aromatic rings. The van der Waals surface area contributed by atoms with Crippen LogP contribution in [-0.4, -0.2) is 54.6 Å². The van der Waals surface area contributed by atoms with Crippen molar-refractivity contribution in [2.24, 2.45) is 5.41 Å². The summed E-state index contributed by atoms with van der Waals surface area (Å²) in [5.41, 5.74) is 1.87. The van der Waals surface area contributed by atoms with Gasteiger partial charge in [0.05, 0.1) is 44.5 Å². The molecule has 0 radical (unpaired) electrons. The van der Waals surface area contributed by atoms with Crippen molar-refractivity contribution in [3.05, 3.63) is 36.3 Å². The lowest BCUT2D eigenvalue weighted by Gasteiger charge is -2.19. The Labute approximate surface area is 185 Å². The smallest absolute Gasteiger partial charge is 0.158 e. The minimum atomic E-state index is 0.164. The van der Waals surface area contributed by atoms with Gasteiger partial charge in [0.1, 0.15) is 29.1 Å². The van der Waals surface area contributed by atoms with Gasteiger partial charge in [-0.05, 0) is 19.9 Å². The molecule has 1 aromatic carbocycles. The van der Waals surface area contributed by atoms with Gasteiger partial charge in [-0.2, -0.15) is 10.4 Å². The summed E-state index contributed by atoms with van der Waals surface area (Å²) in [6.07, 6.45) is 5.14. The molecule has 0 spiro atoms. The Kier molecular flexibility index (Phi) is 6.09. The highest BCUT2D eigenvalue weighted by atomic mass is 16.5. The van der Waals surface area contributed by atoms with Gasteiger partial charge in [0, 0.05) is 30.2 Å². The summed E-state index contributed by atoms with van der Waals surface area (Å²) in [6.45, 7) is 1.50. The zero-order valence-electron chi connectivity index (χ0n) is 18.2. The normalized spacial score (nSPS) is 13.8. The second-order valence-corrected chi connectivity index (χ2v) is 7.71. The van der Waals surface area contributed by atoms with Gasteiger partial charge in [-0.3, -0.25) is 5.10 Å². The first kappa shape index (κ1) is 21.4. The predicted molar refractivity (Wildman–Crippen MR) is 118 cm³/mol. The first-order chi connectivity index (χ1) is 15.6. The summed E-state index contributed by atoms with van der Waals surface area (Å²) in [5, 5.41) is 22.5. The van der Waals surface area contributed by atoms with Crippen LogP contribution in [0.2, 0.25) is 0 Å². The Morgan fingerprint density at radius 1 is 1.09 bits per heavy atom. The Morgan fingerprint density at radius 3 is 2.53 bits per heavy atom. The van der Waals surface area contributed by atoms with Crippen LogP contribution in [0.4, 0.5) is 11.6 Å². The van der Waals surface area contributed by atoms with Gasteiger partial charge in [-0.15, -0.1) is 0 Å². The molecule has 0 unspecified atom stereocenters. The van der Waals surface area contributed by atoms with Crippen LogP contribution in [0.5, 0.6) is 17.2 Å². The molecular weight excluding hydrogens is 410 g/mol. The van der Waals surface area contributed by atoms with E-state index < -0.39 is 0 Å². The molecule has 0 amide bonds. The lowest BCUT2D eigenvalue weighted by Crippen LogP contribution is -2.25. The second kappa shape index (κ2) is 9.11. The van der Waals surface area contributed by atoms with Gasteiger partial charge >= 0.3 is 0 Å². The molecule has 0 saturated heterocycles. The van der Waals surface area contributed by atoms with Crippen LogP contribution in [0, 0.1) is 16.7 Å². The van der Waals surface area contributed by atoms with Crippen LogP contribution < -0.4 is 24.8 Å². The van der Waals surface area contributed by atoms with E-state index >= 15 is 0 Å². The van der Waals surface area contributed by atoms with Gasteiger partial charge in [0.15, 0.2) is 11.5 Å². The van der Waals surface area contributed by atoms with Gasteiger partial charge in [0.2, 0.25) is 0 Å². The Bertz CT molecular complexity index is 1120. The highest BCUT2D eigenvalue weighted by Crippen LogP contribution is 2.47. The fourth-order valence-corrected chi connectivity index (χ4v) is 3.47. The molecule has 1 fully saturated rings. The van der Waals surface area contributed by atoms with Crippen molar-refractivity contribution in [2.75, 3.05) is 39.7 Å². The maximum Gasteiger partial charge on any atom is 0.158 e. The zero-order chi connectivity index (χ0) is 22.6. The molecule has 3 N–H and O–H groups in total. The number of methoxy groups -OCH3 is 2. The molecule has 2 heterocycles. The van der Waals surface area contributed by atoms with Crippen molar-refractivity contribution in [1.82, 2.24) is 25.5 Å². The largest absolute Gasteiger partial charge is 0.496 e. The number of aromatic amines is 1. The summed E-state index contributed by atoms with van der Waals surface area (Å²) in [6, 6.07) is 7.44. The van der Waals surface area contributed by atoms with Crippen molar-refractivity contribution >= 4 is 11.6 Å². The van der Waals surface area contributed by atoms with Gasteiger partial charge in [0.25, 0.3) is 0 Å². The first-order valence-electron chi connectivity index (χ1n) is 10.2. The molecule has 32 heavy (non-hydrogen) atoms. The van der Waals surface area contributed by atoms with Gasteiger partial charge in [-0.25, -0.2) is 9.97 Å². The fourth-order valence-electron chi connectivity index (χ4n) is 3.47. The minimum Gasteiger partial charge on any atom is -0.496 e. The third-order valence-electron chi connectivity index (χ3n) is 5.41. The highest BCUT2D eigenvalue weighted by Gasteiger charge is 2.43. The number of aromatic nitrogens is 4. The molecule has 1 aliphatic rings. The third-order valence-corrected chi connectivity index (χ3v) is 5.41. The van der Waals surface area contributed by atoms with Crippen molar-refractivity contribution in [3.63, 3.8) is 0 Å². The Hall–Kier alpha value is -3.84. The quantitative estimate of drug-likeness (QED) is 0.440. The lowest BCUT2D eigenvalue weighted by molar-refractivity contribution is 0.231. The molecule has 4 rings (SSSR count). The monoisotopic (exact) mass is 435 g/mol. The lowest BCUT2D eigenvalue weighted by atomic mass is 10.1. The van der Waals surface area contributed by atoms with Crippen molar-refractivity contribution in [3.8, 4) is 34.6 Å². The van der Waals surface area contributed by atoms with E-state index in [9.17, 15) is 0 Å². The zero-order valence-corrected chi connectivity index (χ0v) is 18.2. The van der Waals surface area contributed by atoms with Crippen LogP contribution >= 0.6 is 0 Å². The first-order valence-corrected chi connectivity index (χ1v) is 10.2. The summed E-state index contributed by atoms with van der Waals surface area (Å²) in [5.74, 6) is 2.91. The molecule has 0 atom stereocenters. The Balaban J connectivity index is 1.62. The number of hydrogen-bond donors (Lipinski definition) is 3. The van der Waals surface area contributed by atoms with Crippen LogP contribution in [0.25, 0.3) is 11.3 Å². The molecule has 1 aliphatic carbocycles. The van der Waals surface area contributed by atoms with Gasteiger partial charge < -0.3 is 24.8 Å². The summed E-state index contributed by atoms with van der Waals surface area (Å²) >= 11 is 0. The number of benzene rings is 1. The van der Waals surface area contributed by atoms with E-state index in [0.717, 1.165) is 24.9 Å². The number of nitriles is 1. The van der Waals surface area contributed by atoms with E-state index in [0.29, 0.717) is 41.2 Å². The number of hydrogen-bond acceptors (Lipinski definition) is 9. The van der Waals surface area contributed by atoms with E-state index in [-0.39, 0.29) is 11.1 Å². The van der Waals surface area contributed by atoms with Crippen LogP contribution in [-0.2, 0) is 0 Å². The highest BCUT2D eigenvalue weighted by molar-refractivity contribution is 5.77. The molecule has 0 bridgehead atoms. The number of anilines is 2. The third kappa shape index (κ3) is 4.58. The standard InChI is InChI=1S/C22H25N7O3/c1-24-12-22(4-5-22)13-32-18-7-15(30-2)6-17(31-3)21(18)16-8-19(29-28-16)27-20-11-25-14(9-23)10-26-20/h6-8,10-11,24H,4-5,12-13H2,1-3H3,(H2,26,27,28,29). The average molecular weight is 435 g/mol. The summed E-state index contributed by atoms with van der Waals surface area (Å²) in [4.78, 5) is 8.16. The van der Waals surface area contributed by atoms with Gasteiger partial charge in [-0.1, -0.05) is 0 Å². The summed E-state index contributed by atoms with van der Waals surface area (Å²) in [7, 11) is 5.17. The van der Waals surface area contributed by atoms with E-state index in [1.807, 2.05) is 31.3 Å². The number of rotatable bonds is 10. The van der Waals surface area contributed by atoms with E-state index in [2.05, 4.69) is 30.8 Å². The summed E-state index contributed by atoms with van der Waals surface area (Å²) < 4.78 is 17.4. The number of nitrogens with zero attached hydrogens (tertiary/aromatic N) is 4. The predicted octanol–water partition coefficient (Wildman–Crippen LogP) is 2.88. The van der Waals surface area contributed by atoms with Crippen molar-refractivity contribution in [2.45, 2.75) is 12.8 Å². The molecule has 1 saturated carbocycles. The second-order valence-electron chi connectivity index (χ2n) is 7.71. The fraction of sp³-hybridized carbons (Fsp3) is 0.364. The maximum absolute atomic E-state index is 8.86. The molecule has 0 aliphatic heterocycles. The Morgan fingerprint density at radius 2 is 1.91 bits per heavy atom. The molecule has 10 heteroatoms. The topological polar surface area (TPSA) is 130 Å². The van der Waals surface area contributed by atoms with E-state index in [1.54, 1.807) is 14.2 Å². The molecule has 2 aromatic heterocycles. The van der Waals surface area contributed by atoms with Crippen molar-refractivity contribution in [1.29, 1.82) is 5.26 Å². The average Bonchev–Trinajstić information content (AvgIpc) is 3.44. The minimum absolute atomic E-state index is 0.164. The SMILES string of the molecule is CNCC1(COc2cc(OC)cc(OC)c2-c2cc(Nc3cnc(C#N)cn3)n[nH]2)CC1. The van der Waals surface area contributed by atoms with Crippen LogP contribution in [0.3, 0.4) is 0 Å². The molecule has 166 valence electrons. The number of H-pyrrole nitrogens is 1. The number of ether oxygens (including phenoxy) is 3. The molecule has 10 nitrogen and oxygen atoms in total. The number of nitrogens with one attached hydrogen (secondary N) is 3. The van der Waals surface area contributed by atoms with Crippen LogP contribution in [0.15, 0.2) is 30.6 Å². The van der Waals surface area contributed by atoms with E-state index in [4.69, 9.17) is 19.5 Å². The molecular formula is C22H25N7O3. The van der Waals surface area contributed by atoms with Crippen LogP contribution in [0.1, 0.15) is 18.5 Å². The van der Waals surface area contributed by atoms with Crippen molar-refractivity contribution < 1.29 is 14.2 Å². The maximum atomic E-state index is 8.86.